The number of nitrogens with one attached hydrogen (secondary N) is 1. The zero-order valence-electron chi connectivity index (χ0n) is 16.8. The van der Waals surface area contributed by atoms with Gasteiger partial charge in [-0.2, -0.15) is 0 Å². The molecule has 0 radical (unpaired) electrons. The zero-order chi connectivity index (χ0) is 21.2. The molecule has 2 aromatic heterocycles. The number of hydrogen-bond donors (Lipinski definition) is 1. The fourth-order valence-electron chi connectivity index (χ4n) is 4.08. The SMILES string of the molecule is O=C1NCCN(C(=O)c2cccc3ncccc23)[C@H]1Cc1ccc(-c2cccs2)cc1. The summed E-state index contributed by atoms with van der Waals surface area (Å²) in [5.74, 6) is -0.242. The van der Waals surface area contributed by atoms with Crippen LogP contribution in [-0.4, -0.2) is 40.8 Å². The molecule has 0 aliphatic carbocycles. The van der Waals surface area contributed by atoms with Gasteiger partial charge in [0.25, 0.3) is 5.91 Å². The second-order valence-corrected chi connectivity index (χ2v) is 8.51. The summed E-state index contributed by atoms with van der Waals surface area (Å²) in [5.41, 5.74) is 3.54. The Morgan fingerprint density at radius 3 is 2.74 bits per heavy atom. The van der Waals surface area contributed by atoms with Crippen LogP contribution in [0.1, 0.15) is 15.9 Å². The number of carbonyl (C=O) groups excluding carboxylic acids is 2. The Kier molecular flexibility index (Phi) is 5.22. The fraction of sp³-hybridized carbons (Fsp3) is 0.160. The van der Waals surface area contributed by atoms with E-state index in [0.29, 0.717) is 25.1 Å². The van der Waals surface area contributed by atoms with E-state index in [1.165, 1.54) is 4.88 Å². The smallest absolute Gasteiger partial charge is 0.255 e. The van der Waals surface area contributed by atoms with E-state index in [1.54, 1.807) is 22.4 Å². The number of carbonyl (C=O) groups is 2. The first-order chi connectivity index (χ1) is 15.2. The summed E-state index contributed by atoms with van der Waals surface area (Å²) >= 11 is 1.70. The van der Waals surface area contributed by atoms with Crippen molar-refractivity contribution in [2.45, 2.75) is 12.5 Å². The minimum Gasteiger partial charge on any atom is -0.353 e. The molecule has 5 nitrogen and oxygen atoms in total. The number of hydrogen-bond acceptors (Lipinski definition) is 4. The molecule has 6 heteroatoms. The maximum absolute atomic E-state index is 13.5. The first kappa shape index (κ1) is 19.5. The maximum atomic E-state index is 13.5. The molecule has 2 aromatic carbocycles. The van der Waals surface area contributed by atoms with E-state index in [2.05, 4.69) is 33.9 Å². The van der Waals surface area contributed by atoms with Crippen molar-refractivity contribution < 1.29 is 9.59 Å². The van der Waals surface area contributed by atoms with Crippen LogP contribution in [0.4, 0.5) is 0 Å². The number of amides is 2. The van der Waals surface area contributed by atoms with E-state index in [1.807, 2.05) is 48.5 Å². The molecule has 1 aliphatic rings. The van der Waals surface area contributed by atoms with E-state index in [9.17, 15) is 9.59 Å². The number of pyridine rings is 1. The van der Waals surface area contributed by atoms with Crippen LogP contribution in [0.15, 0.2) is 78.3 Å². The molecule has 31 heavy (non-hydrogen) atoms. The highest BCUT2D eigenvalue weighted by molar-refractivity contribution is 7.13. The van der Waals surface area contributed by atoms with Gasteiger partial charge in [0.1, 0.15) is 6.04 Å². The quantitative estimate of drug-likeness (QED) is 0.532. The molecule has 0 saturated carbocycles. The van der Waals surface area contributed by atoms with Crippen molar-refractivity contribution >= 4 is 34.1 Å². The number of thiophene rings is 1. The highest BCUT2D eigenvalue weighted by Gasteiger charge is 2.34. The Morgan fingerprint density at radius 2 is 1.94 bits per heavy atom. The van der Waals surface area contributed by atoms with Crippen LogP contribution in [0.3, 0.4) is 0 Å². The molecule has 1 aliphatic heterocycles. The largest absolute Gasteiger partial charge is 0.353 e. The highest BCUT2D eigenvalue weighted by atomic mass is 32.1. The van der Waals surface area contributed by atoms with Gasteiger partial charge in [0.2, 0.25) is 5.91 Å². The van der Waals surface area contributed by atoms with Crippen LogP contribution in [-0.2, 0) is 11.2 Å². The monoisotopic (exact) mass is 427 g/mol. The van der Waals surface area contributed by atoms with E-state index in [-0.39, 0.29) is 11.8 Å². The summed E-state index contributed by atoms with van der Waals surface area (Å²) in [6.07, 6.45) is 2.19. The molecule has 5 rings (SSSR count). The van der Waals surface area contributed by atoms with Crippen LogP contribution >= 0.6 is 11.3 Å². The molecule has 0 bridgehead atoms. The maximum Gasteiger partial charge on any atom is 0.255 e. The topological polar surface area (TPSA) is 62.3 Å². The lowest BCUT2D eigenvalue weighted by atomic mass is 9.99. The predicted molar refractivity (Wildman–Crippen MR) is 123 cm³/mol. The fourth-order valence-corrected chi connectivity index (χ4v) is 4.81. The summed E-state index contributed by atoms with van der Waals surface area (Å²) in [6.45, 7) is 0.945. The average molecular weight is 428 g/mol. The van der Waals surface area contributed by atoms with Gasteiger partial charge in [0, 0.05) is 41.5 Å². The molecule has 1 saturated heterocycles. The third kappa shape index (κ3) is 3.82. The van der Waals surface area contributed by atoms with Gasteiger partial charge >= 0.3 is 0 Å². The molecule has 154 valence electrons. The zero-order valence-corrected chi connectivity index (χ0v) is 17.6. The molecular formula is C25H21N3O2S. The van der Waals surface area contributed by atoms with E-state index in [0.717, 1.165) is 22.0 Å². The summed E-state index contributed by atoms with van der Waals surface area (Å²) in [7, 11) is 0. The van der Waals surface area contributed by atoms with Crippen LogP contribution < -0.4 is 5.32 Å². The molecule has 2 amide bonds. The van der Waals surface area contributed by atoms with Gasteiger partial charge in [-0.25, -0.2) is 0 Å². The normalized spacial score (nSPS) is 16.3. The summed E-state index contributed by atoms with van der Waals surface area (Å²) < 4.78 is 0. The molecule has 1 atom stereocenters. The van der Waals surface area contributed by atoms with Gasteiger partial charge in [-0.3, -0.25) is 14.6 Å². The first-order valence-corrected chi connectivity index (χ1v) is 11.1. The summed E-state index contributed by atoms with van der Waals surface area (Å²) in [4.78, 5) is 33.5. The van der Waals surface area contributed by atoms with Gasteiger partial charge in [-0.05, 0) is 40.8 Å². The lowest BCUT2D eigenvalue weighted by Gasteiger charge is -2.35. The number of fused-ring (bicyclic) bond motifs is 1. The van der Waals surface area contributed by atoms with Crippen molar-refractivity contribution in [3.05, 3.63) is 89.4 Å². The average Bonchev–Trinajstić information content (AvgIpc) is 3.35. The molecule has 4 aromatic rings. The van der Waals surface area contributed by atoms with E-state index >= 15 is 0 Å². The number of benzene rings is 2. The highest BCUT2D eigenvalue weighted by Crippen LogP contribution is 2.26. The summed E-state index contributed by atoms with van der Waals surface area (Å²) in [5, 5.41) is 5.78. The van der Waals surface area contributed by atoms with Gasteiger partial charge in [0.15, 0.2) is 0 Å². The predicted octanol–water partition coefficient (Wildman–Crippen LogP) is 4.15. The van der Waals surface area contributed by atoms with Crippen LogP contribution in [0, 0.1) is 0 Å². The van der Waals surface area contributed by atoms with Gasteiger partial charge < -0.3 is 10.2 Å². The Hall–Kier alpha value is -3.51. The van der Waals surface area contributed by atoms with Crippen molar-refractivity contribution in [2.24, 2.45) is 0 Å². The molecule has 1 N–H and O–H groups in total. The van der Waals surface area contributed by atoms with Gasteiger partial charge in [0.05, 0.1) is 5.52 Å². The Labute approximate surface area is 184 Å². The number of piperazine rings is 1. The minimum absolute atomic E-state index is 0.111. The summed E-state index contributed by atoms with van der Waals surface area (Å²) in [6, 6.07) is 21.1. The van der Waals surface area contributed by atoms with E-state index < -0.39 is 6.04 Å². The van der Waals surface area contributed by atoms with Gasteiger partial charge in [-0.1, -0.05) is 42.5 Å². The Balaban J connectivity index is 1.42. The third-order valence-electron chi connectivity index (χ3n) is 5.66. The number of nitrogens with zero attached hydrogens (tertiary/aromatic N) is 2. The van der Waals surface area contributed by atoms with Crippen molar-refractivity contribution in [3.63, 3.8) is 0 Å². The standard InChI is InChI=1S/C25H21N3O2S/c29-24-22(16-17-8-10-18(11-9-17)23-7-3-15-31-23)28(14-13-27-24)25(30)20-4-1-6-21-19(20)5-2-12-26-21/h1-12,15,22H,13-14,16H2,(H,27,29)/t22-/m0/s1. The van der Waals surface area contributed by atoms with Gasteiger partial charge in [-0.15, -0.1) is 11.3 Å². The van der Waals surface area contributed by atoms with Crippen molar-refractivity contribution in [2.75, 3.05) is 13.1 Å². The minimum atomic E-state index is -0.541. The van der Waals surface area contributed by atoms with E-state index in [4.69, 9.17) is 0 Å². The third-order valence-corrected chi connectivity index (χ3v) is 6.58. The first-order valence-electron chi connectivity index (χ1n) is 10.3. The number of aromatic nitrogens is 1. The molecule has 1 fully saturated rings. The Bertz CT molecular complexity index is 1230. The second kappa shape index (κ2) is 8.32. The van der Waals surface area contributed by atoms with Crippen molar-refractivity contribution in [1.29, 1.82) is 0 Å². The van der Waals surface area contributed by atoms with Crippen molar-refractivity contribution in [1.82, 2.24) is 15.2 Å². The van der Waals surface area contributed by atoms with Crippen LogP contribution in [0.2, 0.25) is 0 Å². The van der Waals surface area contributed by atoms with Crippen LogP contribution in [0.25, 0.3) is 21.3 Å². The lowest BCUT2D eigenvalue weighted by molar-refractivity contribution is -0.127. The second-order valence-electron chi connectivity index (χ2n) is 7.56. The Morgan fingerprint density at radius 1 is 1.06 bits per heavy atom. The van der Waals surface area contributed by atoms with Crippen molar-refractivity contribution in [3.8, 4) is 10.4 Å². The molecule has 0 spiro atoms. The number of rotatable bonds is 4. The van der Waals surface area contributed by atoms with Crippen LogP contribution in [0.5, 0.6) is 0 Å². The molecule has 3 heterocycles. The molecule has 0 unspecified atom stereocenters. The molecular weight excluding hydrogens is 406 g/mol. The lowest BCUT2D eigenvalue weighted by Crippen LogP contribution is -2.58.